The topological polar surface area (TPSA) is 78.9 Å². The molecular formula is C23H31N3O4S. The van der Waals surface area contributed by atoms with E-state index in [2.05, 4.69) is 10.2 Å². The quantitative estimate of drug-likeness (QED) is 0.709. The smallest absolute Gasteiger partial charge is 0.251 e. The summed E-state index contributed by atoms with van der Waals surface area (Å²) >= 11 is 0. The van der Waals surface area contributed by atoms with Gasteiger partial charge in [-0.3, -0.25) is 4.79 Å². The number of hydrogen-bond acceptors (Lipinski definition) is 5. The maximum absolute atomic E-state index is 13.2. The number of nitrogens with zero attached hydrogens (tertiary/aromatic N) is 2. The molecule has 3 rings (SSSR count). The molecular weight excluding hydrogens is 414 g/mol. The Morgan fingerprint density at radius 2 is 1.81 bits per heavy atom. The van der Waals surface area contributed by atoms with E-state index in [1.165, 1.54) is 10.4 Å². The molecule has 1 fully saturated rings. The van der Waals surface area contributed by atoms with Gasteiger partial charge in [-0.05, 0) is 63.2 Å². The van der Waals surface area contributed by atoms with Gasteiger partial charge < -0.3 is 15.0 Å². The van der Waals surface area contributed by atoms with E-state index in [1.54, 1.807) is 19.1 Å². The maximum Gasteiger partial charge on any atom is 0.251 e. The van der Waals surface area contributed by atoms with Gasteiger partial charge in [0.05, 0.1) is 11.0 Å². The molecule has 1 N–H and O–H groups in total. The zero-order valence-corrected chi connectivity index (χ0v) is 19.4. The van der Waals surface area contributed by atoms with Crippen LogP contribution in [0, 0.1) is 6.92 Å². The number of nitrogens with one attached hydrogen (secondary N) is 1. The third-order valence-electron chi connectivity index (χ3n) is 5.25. The fourth-order valence-electron chi connectivity index (χ4n) is 3.47. The Balaban J connectivity index is 1.73. The number of carbonyl (C=O) groups excluding carboxylic acids is 1. The molecule has 2 aromatic rings. The Morgan fingerprint density at radius 1 is 1.10 bits per heavy atom. The third-order valence-corrected chi connectivity index (χ3v) is 7.29. The van der Waals surface area contributed by atoms with Crippen molar-refractivity contribution in [3.05, 3.63) is 59.2 Å². The summed E-state index contributed by atoms with van der Waals surface area (Å²) in [7, 11) is -1.67. The van der Waals surface area contributed by atoms with Gasteiger partial charge in [-0.1, -0.05) is 18.2 Å². The normalized spacial score (nSPS) is 15.8. The number of hydrogen-bond donors (Lipinski definition) is 1. The molecule has 0 atom stereocenters. The Hall–Kier alpha value is -2.42. The summed E-state index contributed by atoms with van der Waals surface area (Å²) < 4.78 is 33.5. The van der Waals surface area contributed by atoms with Gasteiger partial charge in [0.15, 0.2) is 0 Å². The zero-order chi connectivity index (χ0) is 22.6. The van der Waals surface area contributed by atoms with Crippen molar-refractivity contribution in [2.75, 3.05) is 33.2 Å². The summed E-state index contributed by atoms with van der Waals surface area (Å²) in [5, 5.41) is 2.87. The summed E-state index contributed by atoms with van der Waals surface area (Å²) in [5.41, 5.74) is 1.87. The van der Waals surface area contributed by atoms with Gasteiger partial charge in [0.2, 0.25) is 10.0 Å². The predicted molar refractivity (Wildman–Crippen MR) is 121 cm³/mol. The second-order valence-electron chi connectivity index (χ2n) is 8.18. The number of carbonyl (C=O) groups is 1. The van der Waals surface area contributed by atoms with Crippen LogP contribution in [0.1, 0.15) is 35.3 Å². The fraction of sp³-hybridized carbons (Fsp3) is 0.435. The molecule has 8 heteroatoms. The van der Waals surface area contributed by atoms with Gasteiger partial charge in [-0.2, -0.15) is 4.31 Å². The van der Waals surface area contributed by atoms with E-state index in [-0.39, 0.29) is 16.9 Å². The van der Waals surface area contributed by atoms with E-state index in [1.807, 2.05) is 45.2 Å². The van der Waals surface area contributed by atoms with Crippen molar-refractivity contribution >= 4 is 15.9 Å². The van der Waals surface area contributed by atoms with Crippen molar-refractivity contribution in [3.63, 3.8) is 0 Å². The Kier molecular flexibility index (Phi) is 7.35. The number of ether oxygens (including phenoxy) is 1. The highest BCUT2D eigenvalue weighted by Crippen LogP contribution is 2.23. The number of sulfonamides is 1. The van der Waals surface area contributed by atoms with Crippen LogP contribution < -0.4 is 10.1 Å². The van der Waals surface area contributed by atoms with Crippen LogP contribution in [0.4, 0.5) is 0 Å². The molecule has 0 bridgehead atoms. The predicted octanol–water partition coefficient (Wildman–Crippen LogP) is 2.65. The molecule has 1 aliphatic rings. The molecule has 7 nitrogen and oxygen atoms in total. The Labute approximate surface area is 185 Å². The van der Waals surface area contributed by atoms with E-state index in [0.29, 0.717) is 43.9 Å². The highest BCUT2D eigenvalue weighted by molar-refractivity contribution is 7.89. The van der Waals surface area contributed by atoms with Crippen LogP contribution in [-0.4, -0.2) is 62.9 Å². The summed E-state index contributed by atoms with van der Waals surface area (Å²) in [5.74, 6) is 0.433. The SMILES string of the molecule is Cc1ccc(C(=O)NCc2cccc(OC(C)C)c2)cc1S(=O)(=O)N1CCN(C)CC1. The molecule has 1 saturated heterocycles. The van der Waals surface area contributed by atoms with Gasteiger partial charge in [-0.15, -0.1) is 0 Å². The van der Waals surface area contributed by atoms with E-state index < -0.39 is 10.0 Å². The van der Waals surface area contributed by atoms with Crippen molar-refractivity contribution in [2.24, 2.45) is 0 Å². The monoisotopic (exact) mass is 445 g/mol. The number of benzene rings is 2. The van der Waals surface area contributed by atoms with Crippen LogP contribution in [0.25, 0.3) is 0 Å². The lowest BCUT2D eigenvalue weighted by atomic mass is 10.1. The number of piperazine rings is 1. The average molecular weight is 446 g/mol. The third kappa shape index (κ3) is 5.84. The lowest BCUT2D eigenvalue weighted by molar-refractivity contribution is 0.0950. The molecule has 0 radical (unpaired) electrons. The Bertz CT molecular complexity index is 1030. The van der Waals surface area contributed by atoms with E-state index in [4.69, 9.17) is 4.74 Å². The minimum absolute atomic E-state index is 0.0677. The van der Waals surface area contributed by atoms with Crippen LogP contribution in [-0.2, 0) is 16.6 Å². The van der Waals surface area contributed by atoms with Crippen molar-refractivity contribution in [1.82, 2.24) is 14.5 Å². The summed E-state index contributed by atoms with van der Waals surface area (Å²) in [6, 6.07) is 12.4. The number of aryl methyl sites for hydroxylation is 1. The minimum atomic E-state index is -3.65. The second-order valence-corrected chi connectivity index (χ2v) is 10.1. The molecule has 168 valence electrons. The molecule has 1 aliphatic heterocycles. The lowest BCUT2D eigenvalue weighted by Crippen LogP contribution is -2.47. The molecule has 0 spiro atoms. The van der Waals surface area contributed by atoms with Gasteiger partial charge in [0.25, 0.3) is 5.91 Å². The average Bonchev–Trinajstić information content (AvgIpc) is 2.72. The minimum Gasteiger partial charge on any atom is -0.491 e. The van der Waals surface area contributed by atoms with Gasteiger partial charge in [0.1, 0.15) is 5.75 Å². The highest BCUT2D eigenvalue weighted by atomic mass is 32.2. The standard InChI is InChI=1S/C23H31N3O4S/c1-17(2)30-21-7-5-6-19(14-21)16-24-23(27)20-9-8-18(3)22(15-20)31(28,29)26-12-10-25(4)11-13-26/h5-9,14-15,17H,10-13,16H2,1-4H3,(H,24,27). The van der Waals surface area contributed by atoms with Crippen LogP contribution in [0.5, 0.6) is 5.75 Å². The largest absolute Gasteiger partial charge is 0.491 e. The zero-order valence-electron chi connectivity index (χ0n) is 18.6. The first-order valence-electron chi connectivity index (χ1n) is 10.5. The molecule has 1 amide bonds. The highest BCUT2D eigenvalue weighted by Gasteiger charge is 2.29. The molecule has 0 aliphatic carbocycles. The van der Waals surface area contributed by atoms with Crippen molar-refractivity contribution in [3.8, 4) is 5.75 Å². The van der Waals surface area contributed by atoms with Crippen LogP contribution in [0.3, 0.4) is 0 Å². The molecule has 0 unspecified atom stereocenters. The first-order chi connectivity index (χ1) is 14.7. The first-order valence-corrected chi connectivity index (χ1v) is 11.9. The molecule has 0 saturated carbocycles. The maximum atomic E-state index is 13.2. The lowest BCUT2D eigenvalue weighted by Gasteiger charge is -2.32. The molecule has 0 aromatic heterocycles. The van der Waals surface area contributed by atoms with Crippen LogP contribution in [0.2, 0.25) is 0 Å². The molecule has 31 heavy (non-hydrogen) atoms. The van der Waals surface area contributed by atoms with Crippen LogP contribution >= 0.6 is 0 Å². The number of amides is 1. The first kappa shape index (κ1) is 23.2. The van der Waals surface area contributed by atoms with E-state index in [9.17, 15) is 13.2 Å². The number of likely N-dealkylation sites (N-methyl/N-ethyl adjacent to an activating group) is 1. The van der Waals surface area contributed by atoms with E-state index >= 15 is 0 Å². The molecule has 2 aromatic carbocycles. The fourth-order valence-corrected chi connectivity index (χ4v) is 5.15. The summed E-state index contributed by atoms with van der Waals surface area (Å²) in [4.78, 5) is 15.0. The number of rotatable bonds is 7. The van der Waals surface area contributed by atoms with Crippen molar-refractivity contribution in [2.45, 2.75) is 38.3 Å². The Morgan fingerprint density at radius 3 is 2.48 bits per heavy atom. The van der Waals surface area contributed by atoms with Crippen molar-refractivity contribution in [1.29, 1.82) is 0 Å². The molecule has 1 heterocycles. The van der Waals surface area contributed by atoms with Gasteiger partial charge in [-0.25, -0.2) is 8.42 Å². The summed E-state index contributed by atoms with van der Waals surface area (Å²) in [6.45, 7) is 8.27. The van der Waals surface area contributed by atoms with Gasteiger partial charge >= 0.3 is 0 Å². The second kappa shape index (κ2) is 9.80. The van der Waals surface area contributed by atoms with Gasteiger partial charge in [0, 0.05) is 38.3 Å². The summed E-state index contributed by atoms with van der Waals surface area (Å²) in [6.07, 6.45) is 0.0677. The van der Waals surface area contributed by atoms with E-state index in [0.717, 1.165) is 11.3 Å². The van der Waals surface area contributed by atoms with Crippen LogP contribution in [0.15, 0.2) is 47.4 Å². The van der Waals surface area contributed by atoms with Crippen molar-refractivity contribution < 1.29 is 17.9 Å².